The normalized spacial score (nSPS) is 12.1. The summed E-state index contributed by atoms with van der Waals surface area (Å²) in [5.41, 5.74) is 1.16. The number of esters is 1. The van der Waals surface area contributed by atoms with E-state index in [9.17, 15) is 14.7 Å². The molecule has 0 fully saturated rings. The second kappa shape index (κ2) is 7.67. The number of hydrogen-bond donors (Lipinski definition) is 2. The lowest BCUT2D eigenvalue weighted by molar-refractivity contribution is -0.148. The average molecular weight is 319 g/mol. The minimum atomic E-state index is -0.501. The number of aromatic hydroxyl groups is 1. The van der Waals surface area contributed by atoms with Gasteiger partial charge in [0, 0.05) is 23.1 Å². The summed E-state index contributed by atoms with van der Waals surface area (Å²) in [6.45, 7) is 3.66. The Morgan fingerprint density at radius 2 is 2.17 bits per heavy atom. The van der Waals surface area contributed by atoms with Gasteiger partial charge in [-0.05, 0) is 25.5 Å². The number of nitrogens with one attached hydrogen (secondary N) is 1. The van der Waals surface area contributed by atoms with Gasteiger partial charge in [0.2, 0.25) is 0 Å². The molecule has 0 bridgehead atoms. The molecule has 124 valence electrons. The van der Waals surface area contributed by atoms with Gasteiger partial charge in [-0.1, -0.05) is 13.3 Å². The first-order valence-corrected chi connectivity index (χ1v) is 7.63. The van der Waals surface area contributed by atoms with Crippen LogP contribution in [-0.4, -0.2) is 29.6 Å². The van der Waals surface area contributed by atoms with E-state index in [1.807, 2.05) is 13.8 Å². The number of phenolic OH excluding ortho intramolecular Hbond substituents is 1. The maximum Gasteiger partial charge on any atom is 0.310 e. The van der Waals surface area contributed by atoms with Crippen LogP contribution in [0.1, 0.15) is 32.3 Å². The molecule has 6 nitrogen and oxygen atoms in total. The van der Waals surface area contributed by atoms with Gasteiger partial charge in [-0.15, -0.1) is 0 Å². The molecule has 0 saturated heterocycles. The monoisotopic (exact) mass is 319 g/mol. The number of phenols is 1. The maximum absolute atomic E-state index is 11.8. The SMILES string of the molecule is CCC[C@@H](C)NC(=O)COC(=O)Cc1coc2cc(O)ccc12. The first-order valence-electron chi connectivity index (χ1n) is 7.63. The molecule has 1 aromatic heterocycles. The van der Waals surface area contributed by atoms with Gasteiger partial charge in [0.1, 0.15) is 11.3 Å². The van der Waals surface area contributed by atoms with Gasteiger partial charge in [0.25, 0.3) is 5.91 Å². The molecular weight excluding hydrogens is 298 g/mol. The number of benzene rings is 1. The fourth-order valence-electron chi connectivity index (χ4n) is 2.38. The Bertz CT molecular complexity index is 691. The minimum absolute atomic E-state index is 0.00949. The second-order valence-electron chi connectivity index (χ2n) is 5.54. The van der Waals surface area contributed by atoms with E-state index >= 15 is 0 Å². The summed E-state index contributed by atoms with van der Waals surface area (Å²) in [4.78, 5) is 23.5. The van der Waals surface area contributed by atoms with E-state index < -0.39 is 5.97 Å². The van der Waals surface area contributed by atoms with Crippen molar-refractivity contribution in [3.05, 3.63) is 30.0 Å². The van der Waals surface area contributed by atoms with Crippen LogP contribution in [0.3, 0.4) is 0 Å². The number of rotatable bonds is 7. The van der Waals surface area contributed by atoms with Crippen LogP contribution in [0.25, 0.3) is 11.0 Å². The first kappa shape index (κ1) is 16.9. The molecule has 0 aliphatic carbocycles. The first-order chi connectivity index (χ1) is 11.0. The molecule has 6 heteroatoms. The zero-order valence-corrected chi connectivity index (χ0v) is 13.3. The molecule has 0 aliphatic rings. The van der Waals surface area contributed by atoms with Gasteiger partial charge in [0.15, 0.2) is 6.61 Å². The molecule has 1 atom stereocenters. The molecule has 1 amide bonds. The van der Waals surface area contributed by atoms with Gasteiger partial charge < -0.3 is 19.6 Å². The fraction of sp³-hybridized carbons (Fsp3) is 0.412. The van der Waals surface area contributed by atoms with Crippen molar-refractivity contribution in [3.63, 3.8) is 0 Å². The molecule has 1 heterocycles. The third-order valence-corrected chi connectivity index (χ3v) is 3.47. The van der Waals surface area contributed by atoms with Crippen LogP contribution in [0.2, 0.25) is 0 Å². The molecule has 2 rings (SSSR count). The van der Waals surface area contributed by atoms with E-state index in [1.165, 1.54) is 18.4 Å². The van der Waals surface area contributed by atoms with Crippen molar-refractivity contribution in [1.29, 1.82) is 0 Å². The van der Waals surface area contributed by atoms with E-state index in [0.717, 1.165) is 18.2 Å². The van der Waals surface area contributed by atoms with Crippen LogP contribution >= 0.6 is 0 Å². The third-order valence-electron chi connectivity index (χ3n) is 3.47. The average Bonchev–Trinajstić information content (AvgIpc) is 2.87. The summed E-state index contributed by atoms with van der Waals surface area (Å²) in [5, 5.41) is 12.9. The highest BCUT2D eigenvalue weighted by Gasteiger charge is 2.14. The van der Waals surface area contributed by atoms with Crippen LogP contribution in [0.15, 0.2) is 28.9 Å². The standard InChI is InChI=1S/C17H21NO5/c1-3-4-11(2)18-16(20)10-23-17(21)7-12-9-22-15-8-13(19)5-6-14(12)15/h5-6,8-9,11,19H,3-4,7,10H2,1-2H3,(H,18,20)/t11-/m1/s1. The van der Waals surface area contributed by atoms with Crippen LogP contribution in [0, 0.1) is 0 Å². The Hall–Kier alpha value is -2.50. The van der Waals surface area contributed by atoms with Crippen molar-refractivity contribution < 1.29 is 23.8 Å². The van der Waals surface area contributed by atoms with Crippen LogP contribution in [-0.2, 0) is 20.7 Å². The summed E-state index contributed by atoms with van der Waals surface area (Å²) in [6.07, 6.45) is 3.32. The smallest absolute Gasteiger partial charge is 0.310 e. The van der Waals surface area contributed by atoms with E-state index in [1.54, 1.807) is 6.07 Å². The number of ether oxygens (including phenoxy) is 1. The van der Waals surface area contributed by atoms with Gasteiger partial charge in [-0.25, -0.2) is 0 Å². The van der Waals surface area contributed by atoms with Crippen molar-refractivity contribution in [1.82, 2.24) is 5.32 Å². The van der Waals surface area contributed by atoms with Gasteiger partial charge in [-0.2, -0.15) is 0 Å². The molecule has 2 N–H and O–H groups in total. The Morgan fingerprint density at radius 1 is 1.39 bits per heavy atom. The highest BCUT2D eigenvalue weighted by molar-refractivity contribution is 5.87. The predicted octanol–water partition coefficient (Wildman–Crippen LogP) is 2.53. The molecular formula is C17H21NO5. The molecule has 0 unspecified atom stereocenters. The van der Waals surface area contributed by atoms with Crippen LogP contribution < -0.4 is 5.32 Å². The van der Waals surface area contributed by atoms with Crippen molar-refractivity contribution in [2.45, 2.75) is 39.2 Å². The topological polar surface area (TPSA) is 88.8 Å². The molecule has 0 aliphatic heterocycles. The molecule has 0 saturated carbocycles. The zero-order valence-electron chi connectivity index (χ0n) is 13.3. The molecule has 1 aromatic carbocycles. The van der Waals surface area contributed by atoms with E-state index in [4.69, 9.17) is 9.15 Å². The quantitative estimate of drug-likeness (QED) is 0.766. The predicted molar refractivity (Wildman–Crippen MR) is 85.1 cm³/mol. The Morgan fingerprint density at radius 3 is 2.91 bits per heavy atom. The number of hydrogen-bond acceptors (Lipinski definition) is 5. The summed E-state index contributed by atoms with van der Waals surface area (Å²) < 4.78 is 10.3. The lowest BCUT2D eigenvalue weighted by Crippen LogP contribution is -2.35. The highest BCUT2D eigenvalue weighted by Crippen LogP contribution is 2.25. The number of carbonyl (C=O) groups is 2. The highest BCUT2D eigenvalue weighted by atomic mass is 16.5. The lowest BCUT2D eigenvalue weighted by Gasteiger charge is -2.12. The molecule has 2 aromatic rings. The van der Waals surface area contributed by atoms with Crippen molar-refractivity contribution >= 4 is 22.8 Å². The van der Waals surface area contributed by atoms with Gasteiger partial charge in [0.05, 0.1) is 12.7 Å². The maximum atomic E-state index is 11.8. The lowest BCUT2D eigenvalue weighted by atomic mass is 10.1. The third kappa shape index (κ3) is 4.74. The zero-order chi connectivity index (χ0) is 16.8. The van der Waals surface area contributed by atoms with Gasteiger partial charge >= 0.3 is 5.97 Å². The van der Waals surface area contributed by atoms with Crippen molar-refractivity contribution in [3.8, 4) is 5.75 Å². The number of fused-ring (bicyclic) bond motifs is 1. The number of furan rings is 1. The largest absolute Gasteiger partial charge is 0.508 e. The Kier molecular flexibility index (Phi) is 5.62. The Labute approximate surface area is 134 Å². The van der Waals surface area contributed by atoms with E-state index in [2.05, 4.69) is 5.32 Å². The van der Waals surface area contributed by atoms with E-state index in [0.29, 0.717) is 11.1 Å². The fourth-order valence-corrected chi connectivity index (χ4v) is 2.38. The summed E-state index contributed by atoms with van der Waals surface area (Å²) >= 11 is 0. The van der Waals surface area contributed by atoms with Crippen molar-refractivity contribution in [2.24, 2.45) is 0 Å². The van der Waals surface area contributed by atoms with Crippen molar-refractivity contribution in [2.75, 3.05) is 6.61 Å². The number of carbonyl (C=O) groups excluding carboxylic acids is 2. The minimum Gasteiger partial charge on any atom is -0.508 e. The summed E-state index contributed by atoms with van der Waals surface area (Å²) in [7, 11) is 0. The molecule has 23 heavy (non-hydrogen) atoms. The summed E-state index contributed by atoms with van der Waals surface area (Å²) in [5.74, 6) is -0.709. The van der Waals surface area contributed by atoms with Crippen LogP contribution in [0.5, 0.6) is 5.75 Å². The van der Waals surface area contributed by atoms with Gasteiger partial charge in [-0.3, -0.25) is 9.59 Å². The number of amides is 1. The molecule has 0 spiro atoms. The summed E-state index contributed by atoms with van der Waals surface area (Å²) in [6, 6.07) is 4.74. The second-order valence-corrected chi connectivity index (χ2v) is 5.54. The Balaban J connectivity index is 1.85. The van der Waals surface area contributed by atoms with E-state index in [-0.39, 0.29) is 30.7 Å². The van der Waals surface area contributed by atoms with Crippen LogP contribution in [0.4, 0.5) is 0 Å². The molecule has 0 radical (unpaired) electrons.